The normalized spacial score (nSPS) is 11.4. The standard InChI is InChI=1S/C28H29N5O5/c1-28(2,32-27(36)37)24(26(35)33-38)31-25(34)23-13-11-20(12-14-23)6-5-19-7-9-21(10-8-19)16-30-18-22-4-3-15-29-17-22/h3-4,7-15,17,24,30,32,38H,16,18H2,1-2H3,(H,31,34)(H,33,35)(H,36,37)/t24-/m1/s1. The molecule has 1 atom stereocenters. The van der Waals surface area contributed by atoms with Gasteiger partial charge in [-0.25, -0.2) is 10.3 Å². The average molecular weight is 516 g/mol. The van der Waals surface area contributed by atoms with Crippen LogP contribution in [0.1, 0.15) is 46.5 Å². The number of nitrogens with zero attached hydrogens (tertiary/aromatic N) is 1. The number of hydroxylamine groups is 1. The summed E-state index contributed by atoms with van der Waals surface area (Å²) in [6.07, 6.45) is 2.20. The summed E-state index contributed by atoms with van der Waals surface area (Å²) in [5.74, 6) is 4.55. The second kappa shape index (κ2) is 13.0. The maximum Gasteiger partial charge on any atom is 0.405 e. The molecule has 3 rings (SSSR count). The van der Waals surface area contributed by atoms with Crippen LogP contribution in [0.25, 0.3) is 0 Å². The second-order valence-corrected chi connectivity index (χ2v) is 9.02. The molecule has 10 nitrogen and oxygen atoms in total. The van der Waals surface area contributed by atoms with Crippen molar-refractivity contribution in [3.05, 3.63) is 101 Å². The minimum atomic E-state index is -1.40. The molecule has 0 bridgehead atoms. The fraction of sp³-hybridized carbons (Fsp3) is 0.214. The third kappa shape index (κ3) is 8.16. The third-order valence-electron chi connectivity index (χ3n) is 5.63. The SMILES string of the molecule is CC(C)(NC(=O)O)[C@H](NC(=O)c1ccc(C#Cc2ccc(CNCc3cccnc3)cc2)cc1)C(=O)NO. The third-order valence-corrected chi connectivity index (χ3v) is 5.63. The van der Waals surface area contributed by atoms with Crippen LogP contribution in [-0.2, 0) is 17.9 Å². The molecule has 1 aromatic heterocycles. The van der Waals surface area contributed by atoms with Crippen molar-refractivity contribution in [3.8, 4) is 11.8 Å². The summed E-state index contributed by atoms with van der Waals surface area (Å²) in [6, 6.07) is 16.9. The number of pyridine rings is 1. The van der Waals surface area contributed by atoms with Gasteiger partial charge in [-0.1, -0.05) is 30.0 Å². The minimum Gasteiger partial charge on any atom is -0.465 e. The highest BCUT2D eigenvalue weighted by atomic mass is 16.5. The van der Waals surface area contributed by atoms with Crippen molar-refractivity contribution in [2.45, 2.75) is 38.5 Å². The van der Waals surface area contributed by atoms with Gasteiger partial charge >= 0.3 is 6.09 Å². The molecule has 0 unspecified atom stereocenters. The van der Waals surface area contributed by atoms with Crippen LogP contribution in [0, 0.1) is 11.8 Å². The molecule has 6 N–H and O–H groups in total. The maximum atomic E-state index is 12.7. The van der Waals surface area contributed by atoms with Crippen LogP contribution < -0.4 is 21.4 Å². The van der Waals surface area contributed by atoms with Gasteiger partial charge in [0.2, 0.25) is 0 Å². The highest BCUT2D eigenvalue weighted by molar-refractivity contribution is 5.98. The van der Waals surface area contributed by atoms with Crippen molar-refractivity contribution < 1.29 is 24.7 Å². The molecule has 0 fully saturated rings. The molecule has 0 spiro atoms. The van der Waals surface area contributed by atoms with E-state index < -0.39 is 29.5 Å². The lowest BCUT2D eigenvalue weighted by molar-refractivity contribution is -0.132. The molecule has 196 valence electrons. The van der Waals surface area contributed by atoms with Gasteiger partial charge in [-0.3, -0.25) is 19.8 Å². The highest BCUT2D eigenvalue weighted by Crippen LogP contribution is 2.12. The molecule has 38 heavy (non-hydrogen) atoms. The number of hydrogen-bond acceptors (Lipinski definition) is 6. The summed E-state index contributed by atoms with van der Waals surface area (Å²) in [5.41, 5.74) is 4.06. The first-order valence-corrected chi connectivity index (χ1v) is 11.7. The molecular weight excluding hydrogens is 486 g/mol. The summed E-state index contributed by atoms with van der Waals surface area (Å²) in [6.45, 7) is 4.27. The Hall–Kier alpha value is -4.72. The van der Waals surface area contributed by atoms with E-state index in [1.807, 2.05) is 42.6 Å². The molecule has 0 radical (unpaired) electrons. The lowest BCUT2D eigenvalue weighted by Crippen LogP contribution is -2.64. The first-order chi connectivity index (χ1) is 18.2. The first kappa shape index (κ1) is 27.9. The van der Waals surface area contributed by atoms with E-state index in [0.717, 1.165) is 29.8 Å². The molecular formula is C28H29N5O5. The van der Waals surface area contributed by atoms with E-state index in [1.165, 1.54) is 19.3 Å². The van der Waals surface area contributed by atoms with Crippen LogP contribution in [0.4, 0.5) is 4.79 Å². The van der Waals surface area contributed by atoms with E-state index in [1.54, 1.807) is 30.5 Å². The monoisotopic (exact) mass is 515 g/mol. The van der Waals surface area contributed by atoms with E-state index in [2.05, 4.69) is 32.8 Å². The number of benzene rings is 2. The minimum absolute atomic E-state index is 0.237. The predicted octanol–water partition coefficient (Wildman–Crippen LogP) is 2.42. The Morgan fingerprint density at radius 1 is 0.921 bits per heavy atom. The Morgan fingerprint density at radius 3 is 2.08 bits per heavy atom. The average Bonchev–Trinajstić information content (AvgIpc) is 2.91. The molecule has 3 aromatic rings. The maximum absolute atomic E-state index is 12.7. The van der Waals surface area contributed by atoms with Gasteiger partial charge in [0.05, 0.1) is 5.54 Å². The van der Waals surface area contributed by atoms with E-state index in [4.69, 9.17) is 10.3 Å². The van der Waals surface area contributed by atoms with Gasteiger partial charge in [-0.05, 0) is 67.4 Å². The first-order valence-electron chi connectivity index (χ1n) is 11.7. The fourth-order valence-electron chi connectivity index (χ4n) is 3.61. The number of carbonyl (C=O) groups is 3. The zero-order chi connectivity index (χ0) is 27.5. The Bertz CT molecular complexity index is 1310. The van der Waals surface area contributed by atoms with Crippen molar-refractivity contribution >= 4 is 17.9 Å². The molecule has 2 aromatic carbocycles. The number of nitrogens with one attached hydrogen (secondary N) is 4. The lowest BCUT2D eigenvalue weighted by Gasteiger charge is -2.33. The van der Waals surface area contributed by atoms with Gasteiger partial charge in [0.15, 0.2) is 0 Å². The van der Waals surface area contributed by atoms with Crippen molar-refractivity contribution in [2.24, 2.45) is 0 Å². The topological polar surface area (TPSA) is 153 Å². The van der Waals surface area contributed by atoms with E-state index in [9.17, 15) is 14.4 Å². The molecule has 0 saturated heterocycles. The quantitative estimate of drug-likeness (QED) is 0.145. The molecule has 3 amide bonds. The Balaban J connectivity index is 1.58. The molecule has 0 aliphatic carbocycles. The van der Waals surface area contributed by atoms with Crippen molar-refractivity contribution in [3.63, 3.8) is 0 Å². The number of hydrogen-bond donors (Lipinski definition) is 6. The summed E-state index contributed by atoms with van der Waals surface area (Å²) >= 11 is 0. The largest absolute Gasteiger partial charge is 0.465 e. The molecule has 1 heterocycles. The zero-order valence-electron chi connectivity index (χ0n) is 21.0. The number of amides is 3. The smallest absolute Gasteiger partial charge is 0.405 e. The summed E-state index contributed by atoms with van der Waals surface area (Å²) < 4.78 is 0. The van der Waals surface area contributed by atoms with Crippen LogP contribution >= 0.6 is 0 Å². The molecule has 0 aliphatic heterocycles. The van der Waals surface area contributed by atoms with Crippen LogP contribution in [0.5, 0.6) is 0 Å². The summed E-state index contributed by atoms with van der Waals surface area (Å²) in [7, 11) is 0. The number of carbonyl (C=O) groups excluding carboxylic acids is 2. The van der Waals surface area contributed by atoms with Gasteiger partial charge < -0.3 is 21.1 Å². The van der Waals surface area contributed by atoms with Crippen LogP contribution in [0.3, 0.4) is 0 Å². The van der Waals surface area contributed by atoms with Gasteiger partial charge in [0.1, 0.15) is 6.04 Å². The van der Waals surface area contributed by atoms with Gasteiger partial charge in [-0.15, -0.1) is 0 Å². The van der Waals surface area contributed by atoms with E-state index in [-0.39, 0.29) is 5.56 Å². The fourth-order valence-corrected chi connectivity index (χ4v) is 3.61. The van der Waals surface area contributed by atoms with Gasteiger partial charge in [0, 0.05) is 42.2 Å². The summed E-state index contributed by atoms with van der Waals surface area (Å²) in [5, 5.41) is 26.0. The van der Waals surface area contributed by atoms with E-state index in [0.29, 0.717) is 5.56 Å². The highest BCUT2D eigenvalue weighted by Gasteiger charge is 2.38. The lowest BCUT2D eigenvalue weighted by atomic mass is 9.93. The number of aromatic nitrogens is 1. The van der Waals surface area contributed by atoms with Gasteiger partial charge in [-0.2, -0.15) is 0 Å². The zero-order valence-corrected chi connectivity index (χ0v) is 21.0. The van der Waals surface area contributed by atoms with Crippen molar-refractivity contribution in [1.29, 1.82) is 0 Å². The van der Waals surface area contributed by atoms with Crippen molar-refractivity contribution in [1.82, 2.24) is 26.4 Å². The van der Waals surface area contributed by atoms with Gasteiger partial charge in [0.25, 0.3) is 11.8 Å². The van der Waals surface area contributed by atoms with Crippen LogP contribution in [0.2, 0.25) is 0 Å². The Labute approximate surface area is 220 Å². The Kier molecular flexibility index (Phi) is 9.54. The van der Waals surface area contributed by atoms with Crippen LogP contribution in [0.15, 0.2) is 73.1 Å². The second-order valence-electron chi connectivity index (χ2n) is 9.02. The van der Waals surface area contributed by atoms with Crippen molar-refractivity contribution in [2.75, 3.05) is 0 Å². The molecule has 0 saturated carbocycles. The predicted molar refractivity (Wildman–Crippen MR) is 140 cm³/mol. The Morgan fingerprint density at radius 2 is 1.53 bits per heavy atom. The summed E-state index contributed by atoms with van der Waals surface area (Å²) in [4.78, 5) is 39.9. The molecule has 10 heteroatoms. The molecule has 0 aliphatic rings. The number of rotatable bonds is 9. The number of carboxylic acid groups (broad SMARTS) is 1. The van der Waals surface area contributed by atoms with Crippen LogP contribution in [-0.4, -0.2) is 44.8 Å². The van der Waals surface area contributed by atoms with E-state index >= 15 is 0 Å².